The Morgan fingerprint density at radius 3 is 2.50 bits per heavy atom. The van der Waals surface area contributed by atoms with E-state index < -0.39 is 0 Å². The molecule has 0 atom stereocenters. The van der Waals surface area contributed by atoms with Gasteiger partial charge in [-0.1, -0.05) is 31.5 Å². The van der Waals surface area contributed by atoms with E-state index in [2.05, 4.69) is 36.2 Å². The molecular formula is C16H27ClN2O. The summed E-state index contributed by atoms with van der Waals surface area (Å²) in [7, 11) is 1.72. The van der Waals surface area contributed by atoms with Crippen LogP contribution in [0.5, 0.6) is 0 Å². The Morgan fingerprint density at radius 2 is 1.90 bits per heavy atom. The summed E-state index contributed by atoms with van der Waals surface area (Å²) in [5, 5.41) is 4.21. The predicted molar refractivity (Wildman–Crippen MR) is 87.8 cm³/mol. The van der Waals surface area contributed by atoms with E-state index in [0.717, 1.165) is 50.7 Å². The minimum atomic E-state index is 0.733. The first kappa shape index (κ1) is 17.3. The zero-order valence-electron chi connectivity index (χ0n) is 12.9. The van der Waals surface area contributed by atoms with Crippen LogP contribution in [0.1, 0.15) is 32.3 Å². The van der Waals surface area contributed by atoms with Crippen molar-refractivity contribution in [2.24, 2.45) is 0 Å². The summed E-state index contributed by atoms with van der Waals surface area (Å²) in [5.41, 5.74) is 2.55. The molecule has 1 rings (SSSR count). The second kappa shape index (κ2) is 10.0. The Hall–Kier alpha value is -0.770. The highest BCUT2D eigenvalue weighted by molar-refractivity contribution is 6.30. The van der Waals surface area contributed by atoms with Gasteiger partial charge >= 0.3 is 0 Å². The van der Waals surface area contributed by atoms with E-state index in [1.54, 1.807) is 7.11 Å². The Labute approximate surface area is 128 Å². The van der Waals surface area contributed by atoms with Gasteiger partial charge in [0.1, 0.15) is 0 Å². The molecule has 0 aliphatic carbocycles. The van der Waals surface area contributed by atoms with Crippen LogP contribution < -0.4 is 10.2 Å². The maximum absolute atomic E-state index is 6.18. The number of methoxy groups -OCH3 is 1. The monoisotopic (exact) mass is 298 g/mol. The lowest BCUT2D eigenvalue weighted by Crippen LogP contribution is -2.27. The zero-order chi connectivity index (χ0) is 14.8. The number of benzene rings is 1. The average Bonchev–Trinajstić information content (AvgIpc) is 2.44. The lowest BCUT2D eigenvalue weighted by atomic mass is 10.1. The molecule has 20 heavy (non-hydrogen) atoms. The molecule has 0 aromatic heterocycles. The summed E-state index contributed by atoms with van der Waals surface area (Å²) in [5.74, 6) is 0. The number of anilines is 1. The van der Waals surface area contributed by atoms with Crippen molar-refractivity contribution in [1.29, 1.82) is 0 Å². The molecule has 0 amide bonds. The van der Waals surface area contributed by atoms with Crippen LogP contribution in [0.3, 0.4) is 0 Å². The van der Waals surface area contributed by atoms with Gasteiger partial charge in [-0.2, -0.15) is 0 Å². The third-order valence-electron chi connectivity index (χ3n) is 3.17. The summed E-state index contributed by atoms with van der Waals surface area (Å²) in [6, 6.07) is 6.17. The van der Waals surface area contributed by atoms with E-state index in [9.17, 15) is 0 Å². The van der Waals surface area contributed by atoms with Crippen LogP contribution in [0.2, 0.25) is 5.02 Å². The molecular weight excluding hydrogens is 272 g/mol. The van der Waals surface area contributed by atoms with E-state index in [0.29, 0.717) is 0 Å². The Kier molecular flexibility index (Phi) is 8.67. The highest BCUT2D eigenvalue weighted by Crippen LogP contribution is 2.25. The Morgan fingerprint density at radius 1 is 1.20 bits per heavy atom. The number of rotatable bonds is 10. The molecule has 3 nitrogen and oxygen atoms in total. The predicted octanol–water partition coefficient (Wildman–Crippen LogP) is 3.70. The van der Waals surface area contributed by atoms with Crippen LogP contribution in [0.4, 0.5) is 5.69 Å². The molecule has 1 aromatic carbocycles. The van der Waals surface area contributed by atoms with E-state index in [1.807, 2.05) is 6.07 Å². The fraction of sp³-hybridized carbons (Fsp3) is 0.625. The van der Waals surface area contributed by atoms with Crippen molar-refractivity contribution in [3.8, 4) is 0 Å². The molecule has 0 aliphatic heterocycles. The lowest BCUT2D eigenvalue weighted by molar-refractivity contribution is 0.199. The number of halogens is 1. The quantitative estimate of drug-likeness (QED) is 0.667. The van der Waals surface area contributed by atoms with E-state index in [1.165, 1.54) is 11.3 Å². The van der Waals surface area contributed by atoms with Gasteiger partial charge in [0.15, 0.2) is 0 Å². The average molecular weight is 299 g/mol. The van der Waals surface area contributed by atoms with E-state index in [-0.39, 0.29) is 0 Å². The van der Waals surface area contributed by atoms with Gasteiger partial charge in [-0.3, -0.25) is 0 Å². The number of nitrogens with one attached hydrogen (secondary N) is 1. The first-order valence-corrected chi connectivity index (χ1v) is 7.83. The minimum Gasteiger partial charge on any atom is -0.383 e. The second-order valence-electron chi connectivity index (χ2n) is 4.93. The number of ether oxygens (including phenoxy) is 1. The van der Waals surface area contributed by atoms with Crippen molar-refractivity contribution in [2.45, 2.75) is 33.2 Å². The number of nitrogens with zero attached hydrogens (tertiary/aromatic N) is 1. The van der Waals surface area contributed by atoms with Gasteiger partial charge in [-0.15, -0.1) is 0 Å². The third-order valence-corrected chi connectivity index (χ3v) is 3.41. The smallest absolute Gasteiger partial charge is 0.0587 e. The van der Waals surface area contributed by atoms with Crippen LogP contribution in [0, 0.1) is 0 Å². The van der Waals surface area contributed by atoms with Crippen LogP contribution >= 0.6 is 11.6 Å². The van der Waals surface area contributed by atoms with Crippen LogP contribution in [0.15, 0.2) is 18.2 Å². The molecule has 1 N–H and O–H groups in total. The molecule has 4 heteroatoms. The van der Waals surface area contributed by atoms with Crippen LogP contribution in [0.25, 0.3) is 0 Å². The molecule has 114 valence electrons. The summed E-state index contributed by atoms with van der Waals surface area (Å²) in [6.45, 7) is 9.00. The summed E-state index contributed by atoms with van der Waals surface area (Å²) in [6.07, 6.45) is 2.28. The van der Waals surface area contributed by atoms with Gasteiger partial charge in [-0.05, 0) is 30.5 Å². The van der Waals surface area contributed by atoms with Crippen LogP contribution in [-0.4, -0.2) is 33.4 Å². The minimum absolute atomic E-state index is 0.733. The molecule has 0 unspecified atom stereocenters. The van der Waals surface area contributed by atoms with Crippen molar-refractivity contribution >= 4 is 17.3 Å². The first-order chi connectivity index (χ1) is 9.72. The summed E-state index contributed by atoms with van der Waals surface area (Å²) >= 11 is 6.18. The second-order valence-corrected chi connectivity index (χ2v) is 5.37. The SMILES string of the molecule is CCCN(CCC)c1cc(Cl)ccc1CNCCOC. The Bertz CT molecular complexity index is 379. The normalized spacial score (nSPS) is 10.8. The fourth-order valence-corrected chi connectivity index (χ4v) is 2.44. The summed E-state index contributed by atoms with van der Waals surface area (Å²) in [4.78, 5) is 2.43. The number of hydrogen-bond donors (Lipinski definition) is 1. The summed E-state index contributed by atoms with van der Waals surface area (Å²) < 4.78 is 5.06. The van der Waals surface area contributed by atoms with Gasteiger partial charge in [0.05, 0.1) is 6.61 Å². The molecule has 0 saturated carbocycles. The molecule has 1 aromatic rings. The van der Waals surface area contributed by atoms with Crippen molar-refractivity contribution in [2.75, 3.05) is 38.3 Å². The topological polar surface area (TPSA) is 24.5 Å². The van der Waals surface area contributed by atoms with Crippen LogP contribution in [-0.2, 0) is 11.3 Å². The van der Waals surface area contributed by atoms with Gasteiger partial charge in [0, 0.05) is 44.0 Å². The fourth-order valence-electron chi connectivity index (χ4n) is 2.27. The van der Waals surface area contributed by atoms with Crippen molar-refractivity contribution in [3.05, 3.63) is 28.8 Å². The lowest BCUT2D eigenvalue weighted by Gasteiger charge is -2.27. The first-order valence-electron chi connectivity index (χ1n) is 7.45. The van der Waals surface area contributed by atoms with Crippen molar-refractivity contribution in [1.82, 2.24) is 5.32 Å². The van der Waals surface area contributed by atoms with Gasteiger partial charge in [0.25, 0.3) is 0 Å². The zero-order valence-corrected chi connectivity index (χ0v) is 13.7. The van der Waals surface area contributed by atoms with Gasteiger partial charge in [0.2, 0.25) is 0 Å². The Balaban J connectivity index is 2.81. The molecule has 0 fully saturated rings. The molecule has 0 saturated heterocycles. The van der Waals surface area contributed by atoms with E-state index in [4.69, 9.17) is 16.3 Å². The molecule has 0 aliphatic rings. The maximum atomic E-state index is 6.18. The number of hydrogen-bond acceptors (Lipinski definition) is 3. The maximum Gasteiger partial charge on any atom is 0.0587 e. The largest absolute Gasteiger partial charge is 0.383 e. The highest BCUT2D eigenvalue weighted by atomic mass is 35.5. The van der Waals surface area contributed by atoms with Crippen molar-refractivity contribution < 1.29 is 4.74 Å². The highest BCUT2D eigenvalue weighted by Gasteiger charge is 2.10. The van der Waals surface area contributed by atoms with Gasteiger partial charge < -0.3 is 15.0 Å². The standard InChI is InChI=1S/C16H27ClN2O/c1-4-9-19(10-5-2)16-12-15(17)7-6-14(16)13-18-8-11-20-3/h6-7,12,18H,4-5,8-11,13H2,1-3H3. The van der Waals surface area contributed by atoms with Crippen molar-refractivity contribution in [3.63, 3.8) is 0 Å². The molecule has 0 radical (unpaired) electrons. The molecule has 0 bridgehead atoms. The molecule has 0 spiro atoms. The molecule has 0 heterocycles. The van der Waals surface area contributed by atoms with Gasteiger partial charge in [-0.25, -0.2) is 0 Å². The van der Waals surface area contributed by atoms with E-state index >= 15 is 0 Å². The third kappa shape index (κ3) is 5.70.